The quantitative estimate of drug-likeness (QED) is 0.560. The van der Waals surface area contributed by atoms with Crippen LogP contribution >= 0.6 is 15.9 Å². The fourth-order valence-corrected chi connectivity index (χ4v) is 4.01. The van der Waals surface area contributed by atoms with Crippen molar-refractivity contribution in [2.75, 3.05) is 18.5 Å². The molecule has 4 rings (SSSR count). The number of benzene rings is 1. The van der Waals surface area contributed by atoms with Gasteiger partial charge in [-0.1, -0.05) is 28.1 Å². The molecule has 0 spiro atoms. The van der Waals surface area contributed by atoms with Crippen molar-refractivity contribution in [2.24, 2.45) is 0 Å². The summed E-state index contributed by atoms with van der Waals surface area (Å²) in [4.78, 5) is 17.8. The van der Waals surface area contributed by atoms with Gasteiger partial charge in [0.2, 0.25) is 0 Å². The molecule has 7 nitrogen and oxygen atoms in total. The Morgan fingerprint density at radius 2 is 2.00 bits per heavy atom. The van der Waals surface area contributed by atoms with Crippen LogP contribution in [-0.2, 0) is 11.3 Å². The number of nitrogens with one attached hydrogen (secondary N) is 2. The molecular weight excluding hydrogens is 446 g/mol. The number of nitrogens with zero attached hydrogens (tertiary/aromatic N) is 3. The second kappa shape index (κ2) is 9.14. The molecule has 3 heterocycles. The first-order valence-corrected chi connectivity index (χ1v) is 11.1. The predicted molar refractivity (Wildman–Crippen MR) is 121 cm³/mol. The van der Waals surface area contributed by atoms with Gasteiger partial charge in [0.15, 0.2) is 5.65 Å². The van der Waals surface area contributed by atoms with E-state index in [1.54, 1.807) is 12.4 Å². The molecule has 1 saturated heterocycles. The highest BCUT2D eigenvalue weighted by molar-refractivity contribution is 9.10. The molecule has 1 fully saturated rings. The minimum absolute atomic E-state index is 0.129. The second-order valence-electron chi connectivity index (χ2n) is 7.52. The van der Waals surface area contributed by atoms with Gasteiger partial charge in [0, 0.05) is 36.5 Å². The predicted octanol–water partition coefficient (Wildman–Crippen LogP) is 4.30. The first-order chi connectivity index (χ1) is 14.6. The number of aromatic nitrogens is 3. The zero-order valence-electron chi connectivity index (χ0n) is 17.2. The highest BCUT2D eigenvalue weighted by Crippen LogP contribution is 2.29. The van der Waals surface area contributed by atoms with E-state index in [9.17, 15) is 4.79 Å². The summed E-state index contributed by atoms with van der Waals surface area (Å²) in [5.74, 6) is -0.154. The summed E-state index contributed by atoms with van der Waals surface area (Å²) in [6, 6.07) is 8.08. The van der Waals surface area contributed by atoms with Gasteiger partial charge in [-0.3, -0.25) is 4.79 Å². The van der Waals surface area contributed by atoms with Crippen LogP contribution in [0.5, 0.6) is 0 Å². The van der Waals surface area contributed by atoms with Crippen LogP contribution in [-0.4, -0.2) is 39.9 Å². The van der Waals surface area contributed by atoms with E-state index >= 15 is 0 Å². The van der Waals surface area contributed by atoms with E-state index < -0.39 is 0 Å². The Morgan fingerprint density at radius 3 is 2.70 bits per heavy atom. The lowest BCUT2D eigenvalue weighted by atomic mass is 10.1. The molecule has 0 unspecified atom stereocenters. The molecule has 0 saturated carbocycles. The number of halogens is 1. The van der Waals surface area contributed by atoms with Gasteiger partial charge in [-0.25, -0.2) is 9.67 Å². The lowest BCUT2D eigenvalue weighted by Crippen LogP contribution is -2.31. The summed E-state index contributed by atoms with van der Waals surface area (Å²) in [6.45, 7) is 6.18. The van der Waals surface area contributed by atoms with Crippen LogP contribution in [0.4, 0.5) is 5.69 Å². The Morgan fingerprint density at radius 1 is 1.27 bits per heavy atom. The van der Waals surface area contributed by atoms with Crippen molar-refractivity contribution < 1.29 is 9.53 Å². The summed E-state index contributed by atoms with van der Waals surface area (Å²) in [5, 5.41) is 12.0. The maximum absolute atomic E-state index is 13.2. The summed E-state index contributed by atoms with van der Waals surface area (Å²) >= 11 is 3.45. The molecule has 0 aliphatic carbocycles. The molecule has 1 aliphatic rings. The van der Waals surface area contributed by atoms with Crippen molar-refractivity contribution in [2.45, 2.75) is 45.3 Å². The molecule has 3 aromatic rings. The minimum Gasteiger partial charge on any atom is -0.381 e. The second-order valence-corrected chi connectivity index (χ2v) is 8.44. The topological polar surface area (TPSA) is 81.1 Å². The van der Waals surface area contributed by atoms with Gasteiger partial charge >= 0.3 is 0 Å². The van der Waals surface area contributed by atoms with Crippen LogP contribution in [0.3, 0.4) is 0 Å². The van der Waals surface area contributed by atoms with E-state index in [0.29, 0.717) is 5.56 Å². The molecule has 2 aromatic heterocycles. The lowest BCUT2D eigenvalue weighted by molar-refractivity contribution is 0.0903. The normalized spacial score (nSPS) is 15.8. The third-order valence-corrected chi connectivity index (χ3v) is 6.03. The fraction of sp³-hybridized carbons (Fsp3) is 0.409. The van der Waals surface area contributed by atoms with Crippen LogP contribution in [0.1, 0.15) is 48.7 Å². The molecular formula is C22H26BrN5O2. The molecule has 0 radical (unpaired) electrons. The summed E-state index contributed by atoms with van der Waals surface area (Å²) in [5.41, 5.74) is 3.16. The number of aryl methyl sites for hydroxylation is 1. The SMILES string of the molecule is CCn1ncc2c(NC3CCOCC3)c(C(=O)N[C@H](C)c3ccc(Br)cc3)cnc21. The van der Waals surface area contributed by atoms with E-state index in [1.165, 1.54) is 0 Å². The summed E-state index contributed by atoms with van der Waals surface area (Å²) < 4.78 is 8.34. The molecule has 8 heteroatoms. The van der Waals surface area contributed by atoms with E-state index in [2.05, 4.69) is 36.6 Å². The molecule has 2 N–H and O–H groups in total. The Bertz CT molecular complexity index is 1030. The Hall–Kier alpha value is -2.45. The Balaban J connectivity index is 1.65. The average Bonchev–Trinajstić information content (AvgIpc) is 3.18. The van der Waals surface area contributed by atoms with E-state index in [4.69, 9.17) is 4.74 Å². The Labute approximate surface area is 184 Å². The number of fused-ring (bicyclic) bond motifs is 1. The van der Waals surface area contributed by atoms with Crippen LogP contribution in [0.15, 0.2) is 41.1 Å². The van der Waals surface area contributed by atoms with Crippen LogP contribution < -0.4 is 10.6 Å². The van der Waals surface area contributed by atoms with Crippen LogP contribution in [0.2, 0.25) is 0 Å². The van der Waals surface area contributed by atoms with Gasteiger partial charge in [-0.15, -0.1) is 0 Å². The van der Waals surface area contributed by atoms with Crippen LogP contribution in [0.25, 0.3) is 11.0 Å². The van der Waals surface area contributed by atoms with Crippen molar-refractivity contribution in [1.82, 2.24) is 20.1 Å². The maximum atomic E-state index is 13.2. The number of hydrogen-bond acceptors (Lipinski definition) is 5. The molecule has 1 aromatic carbocycles. The van der Waals surface area contributed by atoms with Crippen molar-refractivity contribution in [3.63, 3.8) is 0 Å². The number of amides is 1. The third-order valence-electron chi connectivity index (χ3n) is 5.50. The van der Waals surface area contributed by atoms with Gasteiger partial charge in [-0.2, -0.15) is 5.10 Å². The standard InChI is InChI=1S/C22H26BrN5O2/c1-3-28-21-18(13-25-28)20(27-17-8-10-30-11-9-17)19(12-24-21)22(29)26-14(2)15-4-6-16(23)7-5-15/h4-7,12-14,17H,3,8-11H2,1-2H3,(H,24,27)(H,26,29)/t14-/m1/s1. The average molecular weight is 472 g/mol. The molecule has 1 amide bonds. The highest BCUT2D eigenvalue weighted by atomic mass is 79.9. The van der Waals surface area contributed by atoms with E-state index in [1.807, 2.05) is 42.8 Å². The number of carbonyl (C=O) groups is 1. The molecule has 1 aliphatic heterocycles. The number of rotatable bonds is 6. The third kappa shape index (κ3) is 4.34. The number of ether oxygens (including phenoxy) is 1. The van der Waals surface area contributed by atoms with Gasteiger partial charge in [-0.05, 0) is 44.4 Å². The lowest BCUT2D eigenvalue weighted by Gasteiger charge is -2.26. The first-order valence-electron chi connectivity index (χ1n) is 10.3. The number of pyridine rings is 1. The van der Waals surface area contributed by atoms with E-state index in [0.717, 1.165) is 59.4 Å². The minimum atomic E-state index is -0.154. The largest absolute Gasteiger partial charge is 0.381 e. The van der Waals surface area contributed by atoms with Gasteiger partial charge in [0.05, 0.1) is 28.9 Å². The Kier molecular flexibility index (Phi) is 6.34. The molecule has 158 valence electrons. The smallest absolute Gasteiger partial charge is 0.255 e. The zero-order chi connectivity index (χ0) is 21.1. The first kappa shape index (κ1) is 20.8. The summed E-state index contributed by atoms with van der Waals surface area (Å²) in [6.07, 6.45) is 5.26. The summed E-state index contributed by atoms with van der Waals surface area (Å²) in [7, 11) is 0. The molecule has 30 heavy (non-hydrogen) atoms. The zero-order valence-corrected chi connectivity index (χ0v) is 18.8. The van der Waals surface area contributed by atoms with Crippen molar-refractivity contribution >= 4 is 38.6 Å². The molecule has 1 atom stereocenters. The van der Waals surface area contributed by atoms with Gasteiger partial charge < -0.3 is 15.4 Å². The van der Waals surface area contributed by atoms with Gasteiger partial charge in [0.1, 0.15) is 0 Å². The van der Waals surface area contributed by atoms with Crippen molar-refractivity contribution in [3.8, 4) is 0 Å². The van der Waals surface area contributed by atoms with Crippen molar-refractivity contribution in [1.29, 1.82) is 0 Å². The monoisotopic (exact) mass is 471 g/mol. The van der Waals surface area contributed by atoms with Crippen LogP contribution in [0, 0.1) is 0 Å². The fourth-order valence-electron chi connectivity index (χ4n) is 3.74. The number of anilines is 1. The van der Waals surface area contributed by atoms with E-state index in [-0.39, 0.29) is 18.0 Å². The molecule has 0 bridgehead atoms. The van der Waals surface area contributed by atoms with Crippen molar-refractivity contribution in [3.05, 3.63) is 52.3 Å². The van der Waals surface area contributed by atoms with Gasteiger partial charge in [0.25, 0.3) is 5.91 Å². The highest BCUT2D eigenvalue weighted by Gasteiger charge is 2.23. The number of hydrogen-bond donors (Lipinski definition) is 2. The number of carbonyl (C=O) groups excluding carboxylic acids is 1. The maximum Gasteiger partial charge on any atom is 0.255 e.